The minimum absolute atomic E-state index is 0.00646. The predicted molar refractivity (Wildman–Crippen MR) is 64.5 cm³/mol. The van der Waals surface area contributed by atoms with Crippen molar-refractivity contribution in [2.24, 2.45) is 11.8 Å². The number of nitrogens with one attached hydrogen (secondary N) is 1. The highest BCUT2D eigenvalue weighted by molar-refractivity contribution is 5.84. The van der Waals surface area contributed by atoms with E-state index in [-0.39, 0.29) is 12.5 Å². The molecule has 0 radical (unpaired) electrons. The Morgan fingerprint density at radius 3 is 2.18 bits per heavy atom. The van der Waals surface area contributed by atoms with Gasteiger partial charge in [0.1, 0.15) is 0 Å². The van der Waals surface area contributed by atoms with Crippen LogP contribution < -0.4 is 5.32 Å². The van der Waals surface area contributed by atoms with Crippen molar-refractivity contribution in [3.8, 4) is 0 Å². The molecule has 0 aliphatic heterocycles. The maximum Gasteiger partial charge on any atom is 0.307 e. The van der Waals surface area contributed by atoms with Gasteiger partial charge in [-0.1, -0.05) is 20.8 Å². The Labute approximate surface area is 102 Å². The first-order valence-electron chi connectivity index (χ1n) is 5.93. The number of carboxylic acid groups (broad SMARTS) is 1. The molecule has 0 aromatic carbocycles. The Balaban J connectivity index is 4.56. The summed E-state index contributed by atoms with van der Waals surface area (Å²) in [5.41, 5.74) is -0.474. The molecule has 0 fully saturated rings. The lowest BCUT2D eigenvalue weighted by Crippen LogP contribution is -2.49. The molecule has 0 aromatic rings. The third-order valence-electron chi connectivity index (χ3n) is 3.42. The van der Waals surface area contributed by atoms with Gasteiger partial charge in [-0.15, -0.1) is 0 Å². The fraction of sp³-hybridized carbons (Fsp3) is 0.833. The summed E-state index contributed by atoms with van der Waals surface area (Å²) in [6.07, 6.45) is 1.15. The summed E-state index contributed by atoms with van der Waals surface area (Å²) in [7, 11) is 0. The van der Waals surface area contributed by atoms with E-state index in [1.807, 2.05) is 13.8 Å². The molecule has 0 aromatic heterocycles. The average Bonchev–Trinajstić information content (AvgIpc) is 2.27. The molecule has 0 saturated heterocycles. The molecule has 3 N–H and O–H groups in total. The van der Waals surface area contributed by atoms with Crippen molar-refractivity contribution in [2.75, 3.05) is 6.61 Å². The number of aliphatic hydroxyl groups excluding tert-OH is 1. The zero-order chi connectivity index (χ0) is 13.6. The van der Waals surface area contributed by atoms with Crippen LogP contribution in [0.4, 0.5) is 0 Å². The summed E-state index contributed by atoms with van der Waals surface area (Å²) in [6.45, 7) is 6.87. The highest BCUT2D eigenvalue weighted by Gasteiger charge is 2.30. The van der Waals surface area contributed by atoms with Crippen LogP contribution in [0, 0.1) is 11.8 Å². The summed E-state index contributed by atoms with van der Waals surface area (Å²) in [5, 5.41) is 20.6. The zero-order valence-corrected chi connectivity index (χ0v) is 11.0. The summed E-state index contributed by atoms with van der Waals surface area (Å²) < 4.78 is 0. The first kappa shape index (κ1) is 15.9. The van der Waals surface area contributed by atoms with Gasteiger partial charge < -0.3 is 15.5 Å². The van der Waals surface area contributed by atoms with E-state index in [1.54, 1.807) is 6.92 Å². The van der Waals surface area contributed by atoms with E-state index in [1.165, 1.54) is 6.92 Å². The smallest absolute Gasteiger partial charge is 0.307 e. The SMILES string of the molecule is CCC(C)(CCO)NC(=O)C(C)C(C)C(=O)O. The van der Waals surface area contributed by atoms with Crippen molar-refractivity contribution in [1.29, 1.82) is 0 Å². The van der Waals surface area contributed by atoms with Crippen LogP contribution in [0.5, 0.6) is 0 Å². The largest absolute Gasteiger partial charge is 0.481 e. The van der Waals surface area contributed by atoms with E-state index in [0.717, 1.165) is 0 Å². The zero-order valence-electron chi connectivity index (χ0n) is 11.0. The number of hydrogen-bond acceptors (Lipinski definition) is 3. The molecule has 0 aliphatic carbocycles. The van der Waals surface area contributed by atoms with Crippen LogP contribution in [-0.2, 0) is 9.59 Å². The fourth-order valence-corrected chi connectivity index (χ4v) is 1.43. The summed E-state index contributed by atoms with van der Waals surface area (Å²) in [6, 6.07) is 0. The molecule has 5 heteroatoms. The van der Waals surface area contributed by atoms with Crippen molar-refractivity contribution >= 4 is 11.9 Å². The van der Waals surface area contributed by atoms with E-state index in [2.05, 4.69) is 5.32 Å². The average molecular weight is 245 g/mol. The van der Waals surface area contributed by atoms with Crippen LogP contribution in [0.3, 0.4) is 0 Å². The van der Waals surface area contributed by atoms with Gasteiger partial charge in [0, 0.05) is 18.1 Å². The predicted octanol–water partition coefficient (Wildman–Crippen LogP) is 1.01. The standard InChI is InChI=1S/C12H23NO4/c1-5-12(4,6-7-14)13-10(15)8(2)9(3)11(16)17/h8-9,14H,5-7H2,1-4H3,(H,13,15)(H,16,17). The molecule has 0 heterocycles. The summed E-state index contributed by atoms with van der Waals surface area (Å²) in [5.74, 6) is -2.56. The van der Waals surface area contributed by atoms with Gasteiger partial charge >= 0.3 is 5.97 Å². The Morgan fingerprint density at radius 2 is 1.82 bits per heavy atom. The molecule has 5 nitrogen and oxygen atoms in total. The van der Waals surface area contributed by atoms with Gasteiger partial charge in [0.25, 0.3) is 0 Å². The molecule has 3 unspecified atom stereocenters. The van der Waals surface area contributed by atoms with Gasteiger partial charge in [-0.25, -0.2) is 0 Å². The number of carbonyl (C=O) groups is 2. The summed E-state index contributed by atoms with van der Waals surface area (Å²) in [4.78, 5) is 22.7. The van der Waals surface area contributed by atoms with Gasteiger partial charge in [-0.05, 0) is 19.8 Å². The van der Waals surface area contributed by atoms with Crippen molar-refractivity contribution in [3.05, 3.63) is 0 Å². The second-order valence-corrected chi connectivity index (χ2v) is 4.79. The highest BCUT2D eigenvalue weighted by atomic mass is 16.4. The summed E-state index contributed by atoms with van der Waals surface area (Å²) >= 11 is 0. The normalized spacial score (nSPS) is 17.9. The molecule has 100 valence electrons. The van der Waals surface area contributed by atoms with Crippen LogP contribution in [0.25, 0.3) is 0 Å². The highest BCUT2D eigenvalue weighted by Crippen LogP contribution is 2.17. The van der Waals surface area contributed by atoms with Gasteiger partial charge in [-0.3, -0.25) is 9.59 Å². The molecule has 0 spiro atoms. The van der Waals surface area contributed by atoms with Crippen molar-refractivity contribution in [3.63, 3.8) is 0 Å². The molecule has 0 bridgehead atoms. The van der Waals surface area contributed by atoms with E-state index in [0.29, 0.717) is 12.8 Å². The second kappa shape index (κ2) is 6.59. The van der Waals surface area contributed by atoms with Crippen molar-refractivity contribution in [2.45, 2.75) is 46.1 Å². The Kier molecular flexibility index (Phi) is 6.16. The van der Waals surface area contributed by atoms with Gasteiger partial charge in [0.05, 0.1) is 5.92 Å². The molecular weight excluding hydrogens is 222 g/mol. The maximum atomic E-state index is 11.9. The quantitative estimate of drug-likeness (QED) is 0.624. The van der Waals surface area contributed by atoms with E-state index in [9.17, 15) is 9.59 Å². The number of carboxylic acids is 1. The molecule has 17 heavy (non-hydrogen) atoms. The Hall–Kier alpha value is -1.10. The van der Waals surface area contributed by atoms with Crippen LogP contribution in [0.2, 0.25) is 0 Å². The topological polar surface area (TPSA) is 86.6 Å². The maximum absolute atomic E-state index is 11.9. The van der Waals surface area contributed by atoms with Crippen LogP contribution >= 0.6 is 0 Å². The molecule has 0 rings (SSSR count). The lowest BCUT2D eigenvalue weighted by atomic mass is 9.90. The van der Waals surface area contributed by atoms with Crippen LogP contribution in [-0.4, -0.2) is 34.2 Å². The minimum Gasteiger partial charge on any atom is -0.481 e. The van der Waals surface area contributed by atoms with Gasteiger partial charge in [-0.2, -0.15) is 0 Å². The molecule has 0 saturated carbocycles. The molecule has 3 atom stereocenters. The lowest BCUT2D eigenvalue weighted by molar-refractivity contribution is -0.146. The first-order valence-corrected chi connectivity index (χ1v) is 5.93. The fourth-order valence-electron chi connectivity index (χ4n) is 1.43. The van der Waals surface area contributed by atoms with Crippen LogP contribution in [0.1, 0.15) is 40.5 Å². The monoisotopic (exact) mass is 245 g/mol. The Bertz CT molecular complexity index is 280. The van der Waals surface area contributed by atoms with Crippen molar-refractivity contribution in [1.82, 2.24) is 5.32 Å². The number of carbonyl (C=O) groups excluding carboxylic acids is 1. The number of rotatable bonds is 7. The molecule has 0 aliphatic rings. The van der Waals surface area contributed by atoms with E-state index >= 15 is 0 Å². The van der Waals surface area contributed by atoms with Crippen LogP contribution in [0.15, 0.2) is 0 Å². The van der Waals surface area contributed by atoms with Gasteiger partial charge in [0.2, 0.25) is 5.91 Å². The van der Waals surface area contributed by atoms with E-state index < -0.39 is 23.3 Å². The molecule has 1 amide bonds. The Morgan fingerprint density at radius 1 is 1.29 bits per heavy atom. The number of aliphatic carboxylic acids is 1. The van der Waals surface area contributed by atoms with E-state index in [4.69, 9.17) is 10.2 Å². The third kappa shape index (κ3) is 4.73. The molecular formula is C12H23NO4. The minimum atomic E-state index is -0.979. The third-order valence-corrected chi connectivity index (χ3v) is 3.42. The second-order valence-electron chi connectivity index (χ2n) is 4.79. The number of hydrogen-bond donors (Lipinski definition) is 3. The van der Waals surface area contributed by atoms with Crippen molar-refractivity contribution < 1.29 is 19.8 Å². The first-order chi connectivity index (χ1) is 7.77. The van der Waals surface area contributed by atoms with Gasteiger partial charge in [0.15, 0.2) is 0 Å². The number of aliphatic hydroxyl groups is 1. The number of amides is 1. The lowest BCUT2D eigenvalue weighted by Gasteiger charge is -2.31.